The van der Waals surface area contributed by atoms with Crippen molar-refractivity contribution in [1.82, 2.24) is 9.21 Å². The van der Waals surface area contributed by atoms with Crippen LogP contribution in [0.25, 0.3) is 0 Å². The predicted molar refractivity (Wildman–Crippen MR) is 79.0 cm³/mol. The molecule has 1 aromatic rings. The topological polar surface area (TPSA) is 40.6 Å². The lowest BCUT2D eigenvalue weighted by molar-refractivity contribution is 0.103. The molecule has 0 radical (unpaired) electrons. The highest BCUT2D eigenvalue weighted by Gasteiger charge is 2.46. The quantitative estimate of drug-likeness (QED) is 0.855. The molecule has 2 unspecified atom stereocenters. The average Bonchev–Trinajstić information content (AvgIpc) is 2.71. The highest BCUT2D eigenvalue weighted by molar-refractivity contribution is 7.89. The number of nitrogens with zero attached hydrogens (tertiary/aromatic N) is 2. The molecule has 2 atom stereocenters. The van der Waals surface area contributed by atoms with Gasteiger partial charge >= 0.3 is 0 Å². The molecule has 2 heterocycles. The lowest BCUT2D eigenvalue weighted by Crippen LogP contribution is -2.57. The zero-order valence-electron chi connectivity index (χ0n) is 12.1. The first kappa shape index (κ1) is 14.0. The minimum absolute atomic E-state index is 0.140. The molecule has 2 bridgehead atoms. The van der Waals surface area contributed by atoms with Gasteiger partial charge in [-0.15, -0.1) is 0 Å². The van der Waals surface area contributed by atoms with Crippen molar-refractivity contribution in [2.24, 2.45) is 0 Å². The van der Waals surface area contributed by atoms with E-state index in [1.807, 2.05) is 6.07 Å². The maximum Gasteiger partial charge on any atom is 0.243 e. The highest BCUT2D eigenvalue weighted by Crippen LogP contribution is 2.35. The third-order valence-corrected chi connectivity index (χ3v) is 6.51. The summed E-state index contributed by atoms with van der Waals surface area (Å²) >= 11 is 0. The third kappa shape index (κ3) is 2.28. The van der Waals surface area contributed by atoms with Gasteiger partial charge in [-0.1, -0.05) is 18.2 Å². The molecule has 2 aliphatic heterocycles. The van der Waals surface area contributed by atoms with Gasteiger partial charge in [-0.3, -0.25) is 4.90 Å². The van der Waals surface area contributed by atoms with Gasteiger partial charge in [0.1, 0.15) is 0 Å². The number of piperazine rings is 1. The number of benzene rings is 1. The lowest BCUT2D eigenvalue weighted by atomic mass is 10.2. The van der Waals surface area contributed by atoms with Crippen LogP contribution in [0.2, 0.25) is 0 Å². The molecule has 0 N–H and O–H groups in total. The molecule has 0 amide bonds. The predicted octanol–water partition coefficient (Wildman–Crippen LogP) is 1.93. The van der Waals surface area contributed by atoms with Crippen LogP contribution in [0.4, 0.5) is 0 Å². The van der Waals surface area contributed by atoms with Crippen molar-refractivity contribution in [3.63, 3.8) is 0 Å². The summed E-state index contributed by atoms with van der Waals surface area (Å²) in [4.78, 5) is 2.83. The highest BCUT2D eigenvalue weighted by atomic mass is 32.2. The molecule has 2 aliphatic rings. The van der Waals surface area contributed by atoms with Gasteiger partial charge in [-0.05, 0) is 38.8 Å². The first-order valence-corrected chi connectivity index (χ1v) is 8.77. The normalized spacial score (nSPS) is 28.1. The third-order valence-electron chi connectivity index (χ3n) is 4.49. The first-order valence-electron chi connectivity index (χ1n) is 7.33. The van der Waals surface area contributed by atoms with E-state index in [4.69, 9.17) is 0 Å². The van der Waals surface area contributed by atoms with Gasteiger partial charge in [0.25, 0.3) is 0 Å². The second-order valence-electron chi connectivity index (χ2n) is 6.08. The number of hydrogen-bond acceptors (Lipinski definition) is 3. The molecule has 4 nitrogen and oxygen atoms in total. The summed E-state index contributed by atoms with van der Waals surface area (Å²) < 4.78 is 27.4. The van der Waals surface area contributed by atoms with Crippen molar-refractivity contribution in [1.29, 1.82) is 0 Å². The van der Waals surface area contributed by atoms with Gasteiger partial charge in [-0.25, -0.2) is 8.42 Å². The van der Waals surface area contributed by atoms with E-state index in [1.165, 1.54) is 0 Å². The van der Waals surface area contributed by atoms with Crippen LogP contribution in [-0.2, 0) is 10.0 Å². The largest absolute Gasteiger partial charge is 0.298 e. The minimum atomic E-state index is -3.34. The van der Waals surface area contributed by atoms with Crippen molar-refractivity contribution in [3.8, 4) is 0 Å². The van der Waals surface area contributed by atoms with Crippen LogP contribution in [0.15, 0.2) is 35.2 Å². The van der Waals surface area contributed by atoms with Crippen LogP contribution in [0.3, 0.4) is 0 Å². The molecular weight excluding hydrogens is 272 g/mol. The van der Waals surface area contributed by atoms with E-state index in [-0.39, 0.29) is 12.1 Å². The molecule has 1 aromatic carbocycles. The van der Waals surface area contributed by atoms with Crippen molar-refractivity contribution >= 4 is 10.0 Å². The fourth-order valence-corrected chi connectivity index (χ4v) is 5.30. The lowest BCUT2D eigenvalue weighted by Gasteiger charge is -2.41. The number of hydrogen-bond donors (Lipinski definition) is 0. The van der Waals surface area contributed by atoms with E-state index in [0.717, 1.165) is 25.9 Å². The number of likely N-dealkylation sites (tertiary alicyclic amines) is 1. The summed E-state index contributed by atoms with van der Waals surface area (Å²) in [6, 6.07) is 9.60. The molecular formula is C15H22N2O2S. The number of fused-ring (bicyclic) bond motifs is 2. The Kier molecular flexibility index (Phi) is 3.60. The van der Waals surface area contributed by atoms with Crippen LogP contribution in [0.5, 0.6) is 0 Å². The van der Waals surface area contributed by atoms with E-state index < -0.39 is 10.0 Å². The molecule has 2 fully saturated rings. The van der Waals surface area contributed by atoms with Crippen LogP contribution in [0.1, 0.15) is 26.7 Å². The second-order valence-corrected chi connectivity index (χ2v) is 7.92. The van der Waals surface area contributed by atoms with E-state index in [0.29, 0.717) is 10.9 Å². The van der Waals surface area contributed by atoms with Crippen molar-refractivity contribution in [3.05, 3.63) is 30.3 Å². The van der Waals surface area contributed by atoms with Crippen LogP contribution < -0.4 is 0 Å². The van der Waals surface area contributed by atoms with Gasteiger partial charge in [-0.2, -0.15) is 4.31 Å². The summed E-state index contributed by atoms with van der Waals surface area (Å²) in [5.74, 6) is 0. The molecule has 20 heavy (non-hydrogen) atoms. The van der Waals surface area contributed by atoms with Crippen molar-refractivity contribution < 1.29 is 8.42 Å². The van der Waals surface area contributed by atoms with Crippen LogP contribution in [0, 0.1) is 0 Å². The fourth-order valence-electron chi connectivity index (χ4n) is 3.43. The van der Waals surface area contributed by atoms with Gasteiger partial charge in [0.15, 0.2) is 0 Å². The SMILES string of the molecule is CC(C)N1CC2CCC(C1)N2S(=O)(=O)c1ccccc1. The average molecular weight is 294 g/mol. The molecule has 0 aromatic heterocycles. The Hall–Kier alpha value is -0.910. The summed E-state index contributed by atoms with van der Waals surface area (Å²) in [6.45, 7) is 6.09. The van der Waals surface area contributed by atoms with Gasteiger partial charge in [0.05, 0.1) is 4.90 Å². The van der Waals surface area contributed by atoms with Crippen LogP contribution in [-0.4, -0.2) is 48.8 Å². The summed E-state index contributed by atoms with van der Waals surface area (Å²) in [5, 5.41) is 0. The molecule has 5 heteroatoms. The monoisotopic (exact) mass is 294 g/mol. The van der Waals surface area contributed by atoms with E-state index in [9.17, 15) is 8.42 Å². The van der Waals surface area contributed by atoms with Gasteiger partial charge in [0.2, 0.25) is 10.0 Å². The van der Waals surface area contributed by atoms with E-state index in [1.54, 1.807) is 28.6 Å². The molecule has 2 saturated heterocycles. The maximum atomic E-state index is 12.8. The van der Waals surface area contributed by atoms with E-state index in [2.05, 4.69) is 18.7 Å². The second kappa shape index (κ2) is 5.13. The molecule has 0 saturated carbocycles. The standard InChI is InChI=1S/C15H22N2O2S/c1-12(2)16-10-13-8-9-14(11-16)17(13)20(18,19)15-6-4-3-5-7-15/h3-7,12-14H,8-11H2,1-2H3. The maximum absolute atomic E-state index is 12.8. The Labute approximate surface area is 121 Å². The fraction of sp³-hybridized carbons (Fsp3) is 0.600. The van der Waals surface area contributed by atoms with Gasteiger partial charge < -0.3 is 0 Å². The smallest absolute Gasteiger partial charge is 0.243 e. The Balaban J connectivity index is 1.89. The summed E-state index contributed by atoms with van der Waals surface area (Å²) in [7, 11) is -3.34. The molecule has 3 rings (SSSR count). The van der Waals surface area contributed by atoms with Crippen LogP contribution >= 0.6 is 0 Å². The van der Waals surface area contributed by atoms with E-state index >= 15 is 0 Å². The zero-order chi connectivity index (χ0) is 14.3. The Morgan fingerprint density at radius 2 is 1.60 bits per heavy atom. The summed E-state index contributed by atoms with van der Waals surface area (Å²) in [5.41, 5.74) is 0. The first-order chi connectivity index (χ1) is 9.50. The number of rotatable bonds is 3. The van der Waals surface area contributed by atoms with Gasteiger partial charge in [0, 0.05) is 31.2 Å². The van der Waals surface area contributed by atoms with Crippen molar-refractivity contribution in [2.45, 2.75) is 49.7 Å². The Morgan fingerprint density at radius 1 is 1.05 bits per heavy atom. The summed E-state index contributed by atoms with van der Waals surface area (Å²) in [6.07, 6.45) is 1.97. The Morgan fingerprint density at radius 3 is 2.10 bits per heavy atom. The number of sulfonamides is 1. The zero-order valence-corrected chi connectivity index (χ0v) is 12.9. The molecule has 0 aliphatic carbocycles. The van der Waals surface area contributed by atoms with Crippen molar-refractivity contribution in [2.75, 3.05) is 13.1 Å². The molecule has 0 spiro atoms. The minimum Gasteiger partial charge on any atom is -0.298 e. The Bertz CT molecular complexity index is 557. The molecule has 110 valence electrons.